The van der Waals surface area contributed by atoms with Crippen molar-refractivity contribution in [3.8, 4) is 22.6 Å². The Morgan fingerprint density at radius 1 is 1.31 bits per heavy atom. The van der Waals surface area contributed by atoms with E-state index in [0.29, 0.717) is 38.8 Å². The van der Waals surface area contributed by atoms with Gasteiger partial charge in [0.05, 0.1) is 35.9 Å². The second kappa shape index (κ2) is 13.3. The molecular weight excluding hydrogens is 562 g/mol. The minimum atomic E-state index is -0.953. The first-order valence-corrected chi connectivity index (χ1v) is 13.7. The van der Waals surface area contributed by atoms with Crippen molar-refractivity contribution in [1.82, 2.24) is 25.5 Å². The van der Waals surface area contributed by atoms with Gasteiger partial charge >= 0.3 is 0 Å². The number of pyridine rings is 2. The highest BCUT2D eigenvalue weighted by molar-refractivity contribution is 7.17. The van der Waals surface area contributed by atoms with Gasteiger partial charge in [-0.05, 0) is 42.6 Å². The Kier molecular flexibility index (Phi) is 9.60. The third-order valence-corrected chi connectivity index (χ3v) is 7.21. The third-order valence-electron chi connectivity index (χ3n) is 6.28. The zero-order chi connectivity index (χ0) is 30.4. The molecule has 9 nitrogen and oxygen atoms in total. The lowest BCUT2D eigenvalue weighted by molar-refractivity contribution is -0.117. The molecule has 0 aliphatic heterocycles. The van der Waals surface area contributed by atoms with Gasteiger partial charge in [-0.2, -0.15) is 5.10 Å². The van der Waals surface area contributed by atoms with Gasteiger partial charge in [-0.3, -0.25) is 9.89 Å². The van der Waals surface area contributed by atoms with E-state index in [9.17, 15) is 14.3 Å². The summed E-state index contributed by atoms with van der Waals surface area (Å²) in [5, 5.41) is 22.0. The summed E-state index contributed by atoms with van der Waals surface area (Å²) in [5.74, 6) is -0.682. The van der Waals surface area contributed by atoms with E-state index in [1.807, 2.05) is 42.6 Å². The van der Waals surface area contributed by atoms with E-state index in [4.69, 9.17) is 9.72 Å². The molecule has 1 atom stereocenters. The number of halogens is 2. The van der Waals surface area contributed by atoms with Crippen LogP contribution in [-0.4, -0.2) is 58.5 Å². The summed E-state index contributed by atoms with van der Waals surface area (Å²) in [6.07, 6.45) is 3.60. The largest absolute Gasteiger partial charge is 0.491 e. The fraction of sp³-hybridized carbons (Fsp3) is 0.200. The number of nitrogens with one attached hydrogen (secondary N) is 2. The van der Waals surface area contributed by atoms with Crippen molar-refractivity contribution in [3.63, 3.8) is 0 Å². The summed E-state index contributed by atoms with van der Waals surface area (Å²) in [5.41, 5.74) is 2.57. The van der Waals surface area contributed by atoms with Crippen molar-refractivity contribution >= 4 is 38.7 Å². The van der Waals surface area contributed by atoms with Crippen LogP contribution in [0, 0.1) is 0 Å². The molecule has 3 N–H and O–H groups in total. The molecule has 42 heavy (non-hydrogen) atoms. The summed E-state index contributed by atoms with van der Waals surface area (Å²) in [7, 11) is 3.77. The molecular formula is C30H30F2N6O3S. The number of carbonyl (C=O) groups is 1. The molecule has 4 aromatic heterocycles. The maximum atomic E-state index is 15.6. The molecule has 0 radical (unpaired) electrons. The number of ether oxygens (including phenoxy) is 1. The van der Waals surface area contributed by atoms with E-state index in [2.05, 4.69) is 33.7 Å². The molecule has 0 aliphatic carbocycles. The topological polar surface area (TPSA) is 116 Å². The van der Waals surface area contributed by atoms with E-state index >= 15 is 4.39 Å². The van der Waals surface area contributed by atoms with Gasteiger partial charge in [-0.1, -0.05) is 13.2 Å². The monoisotopic (exact) mass is 592 g/mol. The molecule has 1 amide bonds. The van der Waals surface area contributed by atoms with Crippen LogP contribution in [0.2, 0.25) is 0 Å². The molecule has 0 aliphatic rings. The molecule has 0 saturated heterocycles. The van der Waals surface area contributed by atoms with Crippen LogP contribution < -0.4 is 10.2 Å². The van der Waals surface area contributed by atoms with Crippen LogP contribution in [0.15, 0.2) is 79.1 Å². The predicted octanol–water partition coefficient (Wildman–Crippen LogP) is 5.86. The van der Waals surface area contributed by atoms with Crippen LogP contribution in [-0.2, 0) is 9.53 Å². The third kappa shape index (κ3) is 6.29. The number of H-pyrrole nitrogens is 1. The van der Waals surface area contributed by atoms with Gasteiger partial charge in [0.1, 0.15) is 35.4 Å². The minimum Gasteiger partial charge on any atom is -0.491 e. The number of aromatic nitrogens is 4. The molecule has 12 heteroatoms. The number of anilines is 1. The van der Waals surface area contributed by atoms with Gasteiger partial charge in [0.25, 0.3) is 0 Å². The van der Waals surface area contributed by atoms with Crippen molar-refractivity contribution in [3.05, 3.63) is 90.3 Å². The van der Waals surface area contributed by atoms with Crippen LogP contribution in [0.1, 0.15) is 24.2 Å². The second-order valence-corrected chi connectivity index (χ2v) is 10.2. The number of nitrogens with zero attached hydrogens (tertiary/aromatic N) is 4. The standard InChI is InChI=1S/C30H30F2N6O3S/c1-6-25(40)34-17(2)22-15-23(37-36-22)29-27(26(21(32)9-11-31)18(3)41-13-12-39)30-20(10-14-42-30)28(35-29)19-7-8-24(33-16-19)38(4)5/h6-11,14-17,39H,1,3,12-13H2,2,4-5H3,(H,34,40)(H,36,37)/b11-9+,26-21-/t17-/m0/s1. The van der Waals surface area contributed by atoms with Crippen molar-refractivity contribution in [1.29, 1.82) is 0 Å². The van der Waals surface area contributed by atoms with E-state index in [1.54, 1.807) is 19.2 Å². The SMILES string of the molecule is C=CC(=O)N[C@@H](C)c1cc(-c2nc(-c3ccc(N(C)C)nc3)c3ccsc3c2/C(C(=C)OCCO)=C(F)/C=C/F)n[nH]1. The number of allylic oxidation sites excluding steroid dienone is 3. The van der Waals surface area contributed by atoms with E-state index in [0.717, 1.165) is 11.9 Å². The number of aliphatic hydroxyl groups excluding tert-OH is 1. The van der Waals surface area contributed by atoms with E-state index in [1.165, 1.54) is 11.3 Å². The van der Waals surface area contributed by atoms with Crippen LogP contribution in [0.3, 0.4) is 0 Å². The highest BCUT2D eigenvalue weighted by Crippen LogP contribution is 2.44. The van der Waals surface area contributed by atoms with Gasteiger partial charge in [0, 0.05) is 47.6 Å². The molecule has 0 unspecified atom stereocenters. The first kappa shape index (κ1) is 30.3. The average Bonchev–Trinajstić information content (AvgIpc) is 3.67. The Morgan fingerprint density at radius 3 is 2.74 bits per heavy atom. The quantitative estimate of drug-likeness (QED) is 0.107. The minimum absolute atomic E-state index is 0.0797. The predicted molar refractivity (Wildman–Crippen MR) is 162 cm³/mol. The fourth-order valence-corrected chi connectivity index (χ4v) is 5.20. The van der Waals surface area contributed by atoms with Crippen LogP contribution >= 0.6 is 11.3 Å². The van der Waals surface area contributed by atoms with Crippen molar-refractivity contribution < 1.29 is 23.4 Å². The van der Waals surface area contributed by atoms with Crippen LogP contribution in [0.4, 0.5) is 14.6 Å². The Morgan fingerprint density at radius 2 is 2.10 bits per heavy atom. The van der Waals surface area contributed by atoms with Gasteiger partial charge in [0.15, 0.2) is 0 Å². The number of rotatable bonds is 12. The van der Waals surface area contributed by atoms with Gasteiger partial charge < -0.3 is 20.1 Å². The fourth-order valence-electron chi connectivity index (χ4n) is 4.25. The van der Waals surface area contributed by atoms with Crippen LogP contribution in [0.5, 0.6) is 0 Å². The molecule has 4 rings (SSSR count). The normalized spacial score (nSPS) is 12.7. The zero-order valence-corrected chi connectivity index (χ0v) is 24.1. The lowest BCUT2D eigenvalue weighted by Crippen LogP contribution is -2.24. The number of fused-ring (bicyclic) bond motifs is 1. The Labute approximate surface area is 245 Å². The van der Waals surface area contributed by atoms with Gasteiger partial charge in [-0.15, -0.1) is 11.3 Å². The summed E-state index contributed by atoms with van der Waals surface area (Å²) in [6.45, 7) is 8.62. The maximum absolute atomic E-state index is 15.6. The molecule has 4 heterocycles. The first-order chi connectivity index (χ1) is 20.2. The summed E-state index contributed by atoms with van der Waals surface area (Å²) in [4.78, 5) is 23.3. The number of amides is 1. The van der Waals surface area contributed by atoms with Crippen molar-refractivity contribution in [2.75, 3.05) is 32.2 Å². The number of thiophene rings is 1. The Bertz CT molecular complexity index is 1670. The molecule has 4 aromatic rings. The number of carbonyl (C=O) groups excluding carboxylic acids is 1. The van der Waals surface area contributed by atoms with Crippen molar-refractivity contribution in [2.24, 2.45) is 0 Å². The summed E-state index contributed by atoms with van der Waals surface area (Å²) < 4.78 is 35.1. The lowest BCUT2D eigenvalue weighted by atomic mass is 9.96. The molecule has 0 spiro atoms. The number of hydrogen-bond acceptors (Lipinski definition) is 8. The van der Waals surface area contributed by atoms with E-state index < -0.39 is 11.9 Å². The second-order valence-electron chi connectivity index (χ2n) is 9.30. The molecule has 0 aromatic carbocycles. The zero-order valence-electron chi connectivity index (χ0n) is 23.3. The van der Waals surface area contributed by atoms with Crippen molar-refractivity contribution in [2.45, 2.75) is 13.0 Å². The molecule has 0 saturated carbocycles. The average molecular weight is 593 g/mol. The smallest absolute Gasteiger partial charge is 0.243 e. The highest BCUT2D eigenvalue weighted by Gasteiger charge is 2.27. The number of hydrogen-bond donors (Lipinski definition) is 3. The summed E-state index contributed by atoms with van der Waals surface area (Å²) >= 11 is 1.33. The first-order valence-electron chi connectivity index (χ1n) is 12.8. The summed E-state index contributed by atoms with van der Waals surface area (Å²) in [6, 6.07) is 6.84. The Balaban J connectivity index is 2.02. The molecule has 218 valence electrons. The highest BCUT2D eigenvalue weighted by atomic mass is 32.1. The molecule has 0 fully saturated rings. The Hall–Kier alpha value is -4.68. The van der Waals surface area contributed by atoms with Crippen LogP contribution in [0.25, 0.3) is 38.3 Å². The van der Waals surface area contributed by atoms with Gasteiger partial charge in [0.2, 0.25) is 5.91 Å². The lowest BCUT2D eigenvalue weighted by Gasteiger charge is -2.18. The number of aliphatic hydroxyl groups is 1. The number of aromatic amines is 1. The maximum Gasteiger partial charge on any atom is 0.243 e. The molecule has 0 bridgehead atoms. The van der Waals surface area contributed by atoms with E-state index in [-0.39, 0.29) is 48.0 Å². The van der Waals surface area contributed by atoms with Gasteiger partial charge in [-0.25, -0.2) is 18.7 Å².